The second-order valence-electron chi connectivity index (χ2n) is 10.2. The van der Waals surface area contributed by atoms with E-state index in [1.54, 1.807) is 13.8 Å². The minimum Gasteiger partial charge on any atom is -0.390 e. The van der Waals surface area contributed by atoms with Crippen LogP contribution in [-0.4, -0.2) is 27.6 Å². The van der Waals surface area contributed by atoms with Gasteiger partial charge in [0.05, 0.1) is 17.1 Å². The van der Waals surface area contributed by atoms with Crippen LogP contribution in [0.15, 0.2) is 61.2 Å². The third kappa shape index (κ3) is 5.82. The van der Waals surface area contributed by atoms with Crippen molar-refractivity contribution in [1.29, 1.82) is 0 Å². The van der Waals surface area contributed by atoms with Gasteiger partial charge in [-0.3, -0.25) is 4.79 Å². The first kappa shape index (κ1) is 25.8. The SMILES string of the molecule is C=CCC1(C)CC(c2cccc(Cl)c2)C(c2ccc(Cl)cc2)N(C(CC)CC(C)(C)O)C1=O. The van der Waals surface area contributed by atoms with E-state index in [0.717, 1.165) is 17.5 Å². The van der Waals surface area contributed by atoms with Crippen LogP contribution in [0.2, 0.25) is 10.0 Å². The number of benzene rings is 2. The van der Waals surface area contributed by atoms with Gasteiger partial charge in [-0.15, -0.1) is 6.58 Å². The van der Waals surface area contributed by atoms with Crippen molar-refractivity contribution in [3.8, 4) is 0 Å². The van der Waals surface area contributed by atoms with Crippen LogP contribution in [0.3, 0.4) is 0 Å². The molecule has 1 aliphatic rings. The van der Waals surface area contributed by atoms with Crippen LogP contribution in [0.5, 0.6) is 0 Å². The highest BCUT2D eigenvalue weighted by Gasteiger charge is 2.51. The second-order valence-corrected chi connectivity index (χ2v) is 11.1. The fraction of sp³-hybridized carbons (Fsp3) is 0.464. The largest absolute Gasteiger partial charge is 0.390 e. The van der Waals surface area contributed by atoms with Crippen LogP contribution < -0.4 is 0 Å². The summed E-state index contributed by atoms with van der Waals surface area (Å²) in [6.45, 7) is 11.7. The molecule has 3 rings (SSSR count). The number of likely N-dealkylation sites (tertiary alicyclic amines) is 1. The number of carbonyl (C=O) groups excluding carboxylic acids is 1. The number of halogens is 2. The molecule has 3 nitrogen and oxygen atoms in total. The molecule has 0 saturated carbocycles. The van der Waals surface area contributed by atoms with Gasteiger partial charge in [-0.1, -0.05) is 67.4 Å². The van der Waals surface area contributed by atoms with Crippen molar-refractivity contribution >= 4 is 29.1 Å². The Bertz CT molecular complexity index is 982. The van der Waals surface area contributed by atoms with Gasteiger partial charge in [-0.2, -0.15) is 0 Å². The minimum absolute atomic E-state index is 0.0309. The molecule has 2 aromatic carbocycles. The summed E-state index contributed by atoms with van der Waals surface area (Å²) < 4.78 is 0. The third-order valence-corrected chi connectivity index (χ3v) is 7.27. The normalized spacial score (nSPS) is 24.6. The van der Waals surface area contributed by atoms with Crippen molar-refractivity contribution in [2.75, 3.05) is 0 Å². The molecule has 33 heavy (non-hydrogen) atoms. The van der Waals surface area contributed by atoms with Crippen LogP contribution in [0, 0.1) is 5.41 Å². The maximum atomic E-state index is 14.2. The summed E-state index contributed by atoms with van der Waals surface area (Å²) in [5, 5.41) is 12.0. The van der Waals surface area contributed by atoms with Crippen LogP contribution in [-0.2, 0) is 4.79 Å². The number of hydrogen-bond donors (Lipinski definition) is 1. The lowest BCUT2D eigenvalue weighted by Crippen LogP contribution is -2.56. The van der Waals surface area contributed by atoms with Crippen molar-refractivity contribution in [1.82, 2.24) is 4.90 Å². The van der Waals surface area contributed by atoms with Crippen molar-refractivity contribution in [3.63, 3.8) is 0 Å². The van der Waals surface area contributed by atoms with E-state index in [4.69, 9.17) is 23.2 Å². The molecule has 178 valence electrons. The molecule has 1 fully saturated rings. The zero-order valence-electron chi connectivity index (χ0n) is 20.0. The number of aliphatic hydroxyl groups is 1. The summed E-state index contributed by atoms with van der Waals surface area (Å²) in [7, 11) is 0. The summed E-state index contributed by atoms with van der Waals surface area (Å²) in [6.07, 6.45) is 4.34. The number of hydrogen-bond acceptors (Lipinski definition) is 2. The number of amides is 1. The molecule has 4 unspecified atom stereocenters. The summed E-state index contributed by atoms with van der Waals surface area (Å²) in [5.74, 6) is 0.139. The Labute approximate surface area is 208 Å². The van der Waals surface area contributed by atoms with Gasteiger partial charge >= 0.3 is 0 Å². The average molecular weight is 488 g/mol. The second kappa shape index (κ2) is 10.2. The van der Waals surface area contributed by atoms with E-state index < -0.39 is 11.0 Å². The molecule has 1 heterocycles. The van der Waals surface area contributed by atoms with E-state index >= 15 is 0 Å². The van der Waals surface area contributed by atoms with Crippen LogP contribution in [0.4, 0.5) is 0 Å². The molecule has 0 radical (unpaired) electrons. The van der Waals surface area contributed by atoms with Gasteiger partial charge < -0.3 is 10.0 Å². The van der Waals surface area contributed by atoms with E-state index in [1.807, 2.05) is 60.4 Å². The molecular formula is C28H35Cl2NO2. The number of carbonyl (C=O) groups is 1. The lowest BCUT2D eigenvalue weighted by Gasteiger charge is -2.52. The highest BCUT2D eigenvalue weighted by atomic mass is 35.5. The Hall–Kier alpha value is -1.81. The smallest absolute Gasteiger partial charge is 0.229 e. The first-order chi connectivity index (χ1) is 15.5. The molecule has 4 atom stereocenters. The number of allylic oxidation sites excluding steroid dienone is 1. The molecular weight excluding hydrogens is 453 g/mol. The van der Waals surface area contributed by atoms with E-state index in [-0.39, 0.29) is 23.9 Å². The van der Waals surface area contributed by atoms with Crippen molar-refractivity contribution in [2.24, 2.45) is 5.41 Å². The molecule has 2 aromatic rings. The highest BCUT2D eigenvalue weighted by molar-refractivity contribution is 6.30. The predicted octanol–water partition coefficient (Wildman–Crippen LogP) is 7.57. The third-order valence-electron chi connectivity index (χ3n) is 6.79. The Morgan fingerprint density at radius 2 is 1.85 bits per heavy atom. The predicted molar refractivity (Wildman–Crippen MR) is 138 cm³/mol. The molecule has 0 bridgehead atoms. The standard InChI is InChI=1S/C28H35Cl2NO2/c1-6-15-28(5)18-24(20-9-8-10-22(30)16-20)25(19-11-13-21(29)14-12-19)31(26(28)32)23(7-2)17-27(3,4)33/h6,8-14,16,23-25,33H,1,7,15,17-18H2,2-5H3. The number of piperidine rings is 1. The van der Waals surface area contributed by atoms with Gasteiger partial charge in [0.2, 0.25) is 5.91 Å². The quantitative estimate of drug-likeness (QED) is 0.389. The zero-order valence-corrected chi connectivity index (χ0v) is 21.5. The van der Waals surface area contributed by atoms with Gasteiger partial charge in [0, 0.05) is 22.0 Å². The molecule has 1 N–H and O–H groups in total. The maximum absolute atomic E-state index is 14.2. The van der Waals surface area contributed by atoms with Gasteiger partial charge in [-0.05, 0) is 74.9 Å². The van der Waals surface area contributed by atoms with Crippen LogP contribution >= 0.6 is 23.2 Å². The molecule has 5 heteroatoms. The first-order valence-electron chi connectivity index (χ1n) is 11.7. The Morgan fingerprint density at radius 1 is 1.18 bits per heavy atom. The van der Waals surface area contributed by atoms with E-state index in [0.29, 0.717) is 29.3 Å². The monoisotopic (exact) mass is 487 g/mol. The van der Waals surface area contributed by atoms with Gasteiger partial charge in [0.15, 0.2) is 0 Å². The van der Waals surface area contributed by atoms with Gasteiger partial charge in [0.25, 0.3) is 0 Å². The summed E-state index contributed by atoms with van der Waals surface area (Å²) >= 11 is 12.6. The number of nitrogens with zero attached hydrogens (tertiary/aromatic N) is 1. The molecule has 0 aromatic heterocycles. The van der Waals surface area contributed by atoms with Crippen LogP contribution in [0.25, 0.3) is 0 Å². The average Bonchev–Trinajstić information content (AvgIpc) is 2.74. The topological polar surface area (TPSA) is 40.5 Å². The maximum Gasteiger partial charge on any atom is 0.229 e. The Morgan fingerprint density at radius 3 is 2.39 bits per heavy atom. The molecule has 0 aliphatic carbocycles. The van der Waals surface area contributed by atoms with E-state index in [9.17, 15) is 9.90 Å². The lowest BCUT2D eigenvalue weighted by atomic mass is 9.66. The summed E-state index contributed by atoms with van der Waals surface area (Å²) in [6, 6.07) is 15.4. The van der Waals surface area contributed by atoms with Crippen molar-refractivity contribution < 1.29 is 9.90 Å². The first-order valence-corrected chi connectivity index (χ1v) is 12.4. The van der Waals surface area contributed by atoms with Gasteiger partial charge in [0.1, 0.15) is 0 Å². The summed E-state index contributed by atoms with van der Waals surface area (Å²) in [5.41, 5.74) is 0.648. The molecule has 1 aliphatic heterocycles. The fourth-order valence-electron chi connectivity index (χ4n) is 5.30. The van der Waals surface area contributed by atoms with Crippen molar-refractivity contribution in [3.05, 3.63) is 82.4 Å². The zero-order chi connectivity index (χ0) is 24.4. The fourth-order valence-corrected chi connectivity index (χ4v) is 5.63. The Balaban J connectivity index is 2.23. The Kier molecular flexibility index (Phi) is 7.99. The van der Waals surface area contributed by atoms with Crippen LogP contribution in [0.1, 0.15) is 76.5 Å². The molecule has 0 spiro atoms. The molecule has 1 amide bonds. The van der Waals surface area contributed by atoms with Crippen molar-refractivity contribution in [2.45, 2.75) is 77.0 Å². The minimum atomic E-state index is -0.899. The highest BCUT2D eigenvalue weighted by Crippen LogP contribution is 2.52. The molecule has 1 saturated heterocycles. The summed E-state index contributed by atoms with van der Waals surface area (Å²) in [4.78, 5) is 16.2. The van der Waals surface area contributed by atoms with E-state index in [2.05, 4.69) is 19.6 Å². The van der Waals surface area contributed by atoms with E-state index in [1.165, 1.54) is 0 Å². The number of rotatable bonds is 8. The van der Waals surface area contributed by atoms with Gasteiger partial charge in [-0.25, -0.2) is 0 Å². The lowest BCUT2D eigenvalue weighted by molar-refractivity contribution is -0.156.